The van der Waals surface area contributed by atoms with Crippen molar-refractivity contribution in [3.8, 4) is 0 Å². The molecule has 0 saturated carbocycles. The second kappa shape index (κ2) is 2.84. The van der Waals surface area contributed by atoms with E-state index in [2.05, 4.69) is 0 Å². The van der Waals surface area contributed by atoms with E-state index in [4.69, 9.17) is 11.6 Å². The molecule has 1 rings (SSSR count). The van der Waals surface area contributed by atoms with Crippen molar-refractivity contribution in [3.05, 3.63) is 0 Å². The van der Waals surface area contributed by atoms with Crippen molar-refractivity contribution in [3.63, 3.8) is 0 Å². The Labute approximate surface area is 60.8 Å². The lowest BCUT2D eigenvalue weighted by molar-refractivity contribution is -0.0136. The van der Waals surface area contributed by atoms with Gasteiger partial charge in [-0.1, -0.05) is 0 Å². The molecule has 60 valence electrons. The van der Waals surface area contributed by atoms with Crippen molar-refractivity contribution in [2.45, 2.75) is 18.4 Å². The molecular weight excluding hydrogens is 130 g/mol. The van der Waals surface area contributed by atoms with Crippen LogP contribution in [-0.4, -0.2) is 35.4 Å². The first-order valence-electron chi connectivity index (χ1n) is 3.58. The van der Waals surface area contributed by atoms with Crippen LogP contribution in [0, 0.1) is 0 Å². The molecule has 1 fully saturated rings. The van der Waals surface area contributed by atoms with Crippen molar-refractivity contribution < 1.29 is 5.11 Å². The number of nitrogens with zero attached hydrogens (tertiary/aromatic N) is 1. The highest BCUT2D eigenvalue weighted by atomic mass is 16.3. The first-order valence-corrected chi connectivity index (χ1v) is 3.58. The number of aliphatic hydroxyl groups is 1. The van der Waals surface area contributed by atoms with Gasteiger partial charge in [0, 0.05) is 19.6 Å². The zero-order valence-electron chi connectivity index (χ0n) is 6.08. The Bertz CT molecular complexity index is 110. The highest BCUT2D eigenvalue weighted by Crippen LogP contribution is 2.18. The lowest BCUT2D eigenvalue weighted by atomic mass is 9.92. The topological polar surface area (TPSA) is 75.5 Å². The van der Waals surface area contributed by atoms with E-state index in [1.54, 1.807) is 5.01 Å². The minimum absolute atomic E-state index is 0.348. The Balaban J connectivity index is 2.38. The fraction of sp³-hybridized carbons (Fsp3) is 1.00. The molecule has 0 bridgehead atoms. The predicted octanol–water partition coefficient (Wildman–Crippen LogP) is -1.35. The van der Waals surface area contributed by atoms with Crippen LogP contribution < -0.4 is 11.6 Å². The molecule has 0 radical (unpaired) electrons. The third-order valence-electron chi connectivity index (χ3n) is 2.11. The van der Waals surface area contributed by atoms with Gasteiger partial charge in [-0.25, -0.2) is 5.01 Å². The summed E-state index contributed by atoms with van der Waals surface area (Å²) < 4.78 is 0. The van der Waals surface area contributed by atoms with Crippen LogP contribution in [0.5, 0.6) is 0 Å². The summed E-state index contributed by atoms with van der Waals surface area (Å²) in [5.41, 5.74) is 4.73. The van der Waals surface area contributed by atoms with E-state index < -0.39 is 5.60 Å². The standard InChI is InChI=1S/C6H15N3O/c7-5-6(10)1-3-9(8)4-2-6/h10H,1-5,7-8H2. The maximum Gasteiger partial charge on any atom is 0.0794 e. The lowest BCUT2D eigenvalue weighted by Gasteiger charge is -2.34. The maximum atomic E-state index is 9.59. The fourth-order valence-electron chi connectivity index (χ4n) is 1.14. The molecule has 1 heterocycles. The molecule has 0 unspecified atom stereocenters. The van der Waals surface area contributed by atoms with Gasteiger partial charge in [-0.2, -0.15) is 0 Å². The van der Waals surface area contributed by atoms with Crippen molar-refractivity contribution in [1.29, 1.82) is 0 Å². The van der Waals surface area contributed by atoms with E-state index in [0.29, 0.717) is 19.4 Å². The molecule has 10 heavy (non-hydrogen) atoms. The van der Waals surface area contributed by atoms with Crippen LogP contribution in [0.2, 0.25) is 0 Å². The summed E-state index contributed by atoms with van der Waals surface area (Å²) in [5.74, 6) is 5.49. The zero-order valence-corrected chi connectivity index (χ0v) is 6.08. The molecule has 5 N–H and O–H groups in total. The average Bonchev–Trinajstić information content (AvgIpc) is 1.96. The van der Waals surface area contributed by atoms with E-state index >= 15 is 0 Å². The number of rotatable bonds is 1. The Morgan fingerprint density at radius 3 is 2.30 bits per heavy atom. The van der Waals surface area contributed by atoms with Crippen LogP contribution in [0.4, 0.5) is 0 Å². The first-order chi connectivity index (χ1) is 4.66. The van der Waals surface area contributed by atoms with Crippen molar-refractivity contribution in [2.24, 2.45) is 11.6 Å². The minimum Gasteiger partial charge on any atom is -0.388 e. The highest BCUT2D eigenvalue weighted by Gasteiger charge is 2.29. The van der Waals surface area contributed by atoms with Crippen molar-refractivity contribution in [2.75, 3.05) is 19.6 Å². The highest BCUT2D eigenvalue weighted by molar-refractivity contribution is 4.84. The largest absolute Gasteiger partial charge is 0.388 e. The Morgan fingerprint density at radius 1 is 1.40 bits per heavy atom. The third kappa shape index (κ3) is 1.67. The van der Waals surface area contributed by atoms with E-state index in [9.17, 15) is 5.11 Å². The number of nitrogens with two attached hydrogens (primary N) is 2. The van der Waals surface area contributed by atoms with E-state index in [0.717, 1.165) is 13.1 Å². The van der Waals surface area contributed by atoms with Crippen LogP contribution in [0.15, 0.2) is 0 Å². The summed E-state index contributed by atoms with van der Waals surface area (Å²) in [7, 11) is 0. The van der Waals surface area contributed by atoms with Gasteiger partial charge in [0.25, 0.3) is 0 Å². The summed E-state index contributed by atoms with van der Waals surface area (Å²) in [6, 6.07) is 0. The van der Waals surface area contributed by atoms with Gasteiger partial charge in [0.2, 0.25) is 0 Å². The molecule has 4 nitrogen and oxygen atoms in total. The van der Waals surface area contributed by atoms with E-state index in [1.165, 1.54) is 0 Å². The number of hydrogen-bond donors (Lipinski definition) is 3. The second-order valence-electron chi connectivity index (χ2n) is 2.96. The third-order valence-corrected chi connectivity index (χ3v) is 2.11. The van der Waals surface area contributed by atoms with E-state index in [-0.39, 0.29) is 0 Å². The number of piperidine rings is 1. The van der Waals surface area contributed by atoms with Gasteiger partial charge >= 0.3 is 0 Å². The molecule has 1 aliphatic rings. The SMILES string of the molecule is NCC1(O)CCN(N)CC1. The Morgan fingerprint density at radius 2 is 1.90 bits per heavy atom. The summed E-state index contributed by atoms with van der Waals surface area (Å²) in [5, 5.41) is 11.3. The number of hydrazine groups is 1. The molecule has 0 amide bonds. The number of hydrogen-bond acceptors (Lipinski definition) is 4. The lowest BCUT2D eigenvalue weighted by Crippen LogP contribution is -2.50. The molecule has 0 aromatic heterocycles. The second-order valence-corrected chi connectivity index (χ2v) is 2.96. The van der Waals surface area contributed by atoms with Gasteiger partial charge in [0.1, 0.15) is 0 Å². The monoisotopic (exact) mass is 145 g/mol. The van der Waals surface area contributed by atoms with Gasteiger partial charge in [-0.05, 0) is 12.8 Å². The van der Waals surface area contributed by atoms with Gasteiger partial charge in [0.15, 0.2) is 0 Å². The zero-order chi connectivity index (χ0) is 7.61. The molecular formula is C6H15N3O. The van der Waals surface area contributed by atoms with Crippen LogP contribution in [0.1, 0.15) is 12.8 Å². The molecule has 4 heteroatoms. The minimum atomic E-state index is -0.643. The quantitative estimate of drug-likeness (QED) is 0.399. The van der Waals surface area contributed by atoms with Gasteiger partial charge in [-0.3, -0.25) is 5.84 Å². The molecule has 0 aliphatic carbocycles. The van der Waals surface area contributed by atoms with Crippen molar-refractivity contribution in [1.82, 2.24) is 5.01 Å². The summed E-state index contributed by atoms with van der Waals surface area (Å²) >= 11 is 0. The van der Waals surface area contributed by atoms with Crippen LogP contribution in [0.3, 0.4) is 0 Å². The van der Waals surface area contributed by atoms with Gasteiger partial charge in [0.05, 0.1) is 5.60 Å². The average molecular weight is 145 g/mol. The van der Waals surface area contributed by atoms with Gasteiger partial charge < -0.3 is 10.8 Å². The molecule has 1 aliphatic heterocycles. The van der Waals surface area contributed by atoms with Crippen LogP contribution in [0.25, 0.3) is 0 Å². The summed E-state index contributed by atoms with van der Waals surface area (Å²) in [6.07, 6.45) is 1.39. The summed E-state index contributed by atoms with van der Waals surface area (Å²) in [6.45, 7) is 1.84. The normalized spacial score (nSPS) is 26.7. The molecule has 1 saturated heterocycles. The molecule has 0 spiro atoms. The van der Waals surface area contributed by atoms with Crippen molar-refractivity contribution >= 4 is 0 Å². The Kier molecular flexibility index (Phi) is 2.25. The molecule has 0 atom stereocenters. The van der Waals surface area contributed by atoms with Gasteiger partial charge in [-0.15, -0.1) is 0 Å². The fourth-order valence-corrected chi connectivity index (χ4v) is 1.14. The molecule has 0 aromatic carbocycles. The summed E-state index contributed by atoms with van der Waals surface area (Å²) in [4.78, 5) is 0. The smallest absolute Gasteiger partial charge is 0.0794 e. The predicted molar refractivity (Wildman–Crippen MR) is 39.0 cm³/mol. The molecule has 0 aromatic rings. The van der Waals surface area contributed by atoms with Crippen LogP contribution >= 0.6 is 0 Å². The van der Waals surface area contributed by atoms with Crippen LogP contribution in [-0.2, 0) is 0 Å². The maximum absolute atomic E-state index is 9.59. The van der Waals surface area contributed by atoms with E-state index in [1.807, 2.05) is 0 Å². The first kappa shape index (κ1) is 7.94. The Hall–Kier alpha value is -0.160.